The van der Waals surface area contributed by atoms with Gasteiger partial charge in [-0.15, -0.1) is 0 Å². The maximum absolute atomic E-state index is 12.6. The Morgan fingerprint density at radius 3 is 2.56 bits per heavy atom. The molecule has 1 amide bonds. The number of nitrogens with one attached hydrogen (secondary N) is 1. The van der Waals surface area contributed by atoms with Crippen LogP contribution in [0, 0.1) is 3.57 Å². The Kier molecular flexibility index (Phi) is 6.55. The number of rotatable bonds is 6. The van der Waals surface area contributed by atoms with Gasteiger partial charge in [-0.3, -0.25) is 4.79 Å². The SMILES string of the molecule is COCc1cccc(NC(=O)c2cc(S(=O)(=O)N(C)C)ccc2I)c1. The van der Waals surface area contributed by atoms with Crippen LogP contribution in [-0.4, -0.2) is 39.8 Å². The lowest BCUT2D eigenvalue weighted by Crippen LogP contribution is -2.23. The summed E-state index contributed by atoms with van der Waals surface area (Å²) >= 11 is 2.01. The maximum Gasteiger partial charge on any atom is 0.256 e. The lowest BCUT2D eigenvalue weighted by atomic mass is 10.2. The van der Waals surface area contributed by atoms with E-state index in [-0.39, 0.29) is 10.8 Å². The van der Waals surface area contributed by atoms with Crippen LogP contribution in [-0.2, 0) is 21.4 Å². The number of ether oxygens (including phenoxy) is 1. The Balaban J connectivity index is 2.32. The van der Waals surface area contributed by atoms with Gasteiger partial charge in [0, 0.05) is 30.5 Å². The molecule has 2 aromatic carbocycles. The molecule has 25 heavy (non-hydrogen) atoms. The number of anilines is 1. The number of carbonyl (C=O) groups excluding carboxylic acids is 1. The zero-order valence-electron chi connectivity index (χ0n) is 14.1. The Hall–Kier alpha value is -1.49. The van der Waals surface area contributed by atoms with Gasteiger partial charge >= 0.3 is 0 Å². The molecule has 2 rings (SSSR count). The highest BCUT2D eigenvalue weighted by Crippen LogP contribution is 2.21. The molecular formula is C17H19IN2O4S. The van der Waals surface area contributed by atoms with E-state index in [1.807, 2.05) is 40.8 Å². The lowest BCUT2D eigenvalue weighted by Gasteiger charge is -2.13. The first kappa shape index (κ1) is 19.8. The second kappa shape index (κ2) is 8.26. The van der Waals surface area contributed by atoms with E-state index in [0.29, 0.717) is 21.4 Å². The van der Waals surface area contributed by atoms with E-state index in [1.54, 1.807) is 19.2 Å². The van der Waals surface area contributed by atoms with E-state index in [0.717, 1.165) is 9.87 Å². The molecule has 0 unspecified atom stereocenters. The van der Waals surface area contributed by atoms with Crippen molar-refractivity contribution in [3.05, 3.63) is 57.2 Å². The van der Waals surface area contributed by atoms with Crippen LogP contribution in [0.5, 0.6) is 0 Å². The van der Waals surface area contributed by atoms with E-state index in [4.69, 9.17) is 4.74 Å². The zero-order valence-corrected chi connectivity index (χ0v) is 17.1. The van der Waals surface area contributed by atoms with Crippen LogP contribution in [0.4, 0.5) is 5.69 Å². The van der Waals surface area contributed by atoms with Crippen LogP contribution in [0.25, 0.3) is 0 Å². The summed E-state index contributed by atoms with van der Waals surface area (Å²) < 4.78 is 31.4. The minimum absolute atomic E-state index is 0.0798. The molecule has 0 saturated heterocycles. The Bertz CT molecular complexity index is 882. The molecule has 0 aliphatic heterocycles. The number of halogens is 1. The van der Waals surface area contributed by atoms with Gasteiger partial charge in [0.05, 0.1) is 17.1 Å². The van der Waals surface area contributed by atoms with Gasteiger partial charge in [-0.1, -0.05) is 12.1 Å². The summed E-state index contributed by atoms with van der Waals surface area (Å²) in [6.45, 7) is 0.442. The molecule has 0 radical (unpaired) electrons. The third-order valence-electron chi connectivity index (χ3n) is 3.46. The second-order valence-corrected chi connectivity index (χ2v) is 8.83. The number of hydrogen-bond acceptors (Lipinski definition) is 4. The number of amides is 1. The summed E-state index contributed by atoms with van der Waals surface area (Å²) in [5, 5.41) is 2.80. The van der Waals surface area contributed by atoms with Crippen molar-refractivity contribution in [1.82, 2.24) is 4.31 Å². The molecule has 6 nitrogen and oxygen atoms in total. The molecule has 8 heteroatoms. The number of sulfonamides is 1. The Morgan fingerprint density at radius 2 is 1.92 bits per heavy atom. The average molecular weight is 474 g/mol. The van der Waals surface area contributed by atoms with Gasteiger partial charge < -0.3 is 10.1 Å². The van der Waals surface area contributed by atoms with E-state index in [9.17, 15) is 13.2 Å². The number of hydrogen-bond donors (Lipinski definition) is 1. The highest BCUT2D eigenvalue weighted by Gasteiger charge is 2.20. The lowest BCUT2D eigenvalue weighted by molar-refractivity contribution is 0.102. The molecule has 0 spiro atoms. The quantitative estimate of drug-likeness (QED) is 0.654. The van der Waals surface area contributed by atoms with Gasteiger partial charge in [-0.25, -0.2) is 12.7 Å². The summed E-state index contributed by atoms with van der Waals surface area (Å²) in [5.74, 6) is -0.366. The third-order valence-corrected chi connectivity index (χ3v) is 6.21. The largest absolute Gasteiger partial charge is 0.380 e. The van der Waals surface area contributed by atoms with Gasteiger partial charge in [0.1, 0.15) is 0 Å². The molecule has 0 saturated carbocycles. The first-order chi connectivity index (χ1) is 11.8. The molecule has 134 valence electrons. The monoisotopic (exact) mass is 474 g/mol. The zero-order chi connectivity index (χ0) is 18.6. The van der Waals surface area contributed by atoms with Gasteiger partial charge in [0.25, 0.3) is 5.91 Å². The van der Waals surface area contributed by atoms with E-state index in [1.165, 1.54) is 26.2 Å². The van der Waals surface area contributed by atoms with Crippen molar-refractivity contribution < 1.29 is 17.9 Å². The molecule has 0 heterocycles. The number of carbonyl (C=O) groups is 1. The maximum atomic E-state index is 12.6. The average Bonchev–Trinajstić information content (AvgIpc) is 2.55. The molecule has 0 bridgehead atoms. The smallest absolute Gasteiger partial charge is 0.256 e. The molecule has 1 N–H and O–H groups in total. The first-order valence-corrected chi connectivity index (χ1v) is 9.89. The molecule has 2 aromatic rings. The van der Waals surface area contributed by atoms with Crippen molar-refractivity contribution >= 4 is 44.2 Å². The van der Waals surface area contributed by atoms with E-state index in [2.05, 4.69) is 5.32 Å². The Morgan fingerprint density at radius 1 is 1.20 bits per heavy atom. The minimum Gasteiger partial charge on any atom is -0.380 e. The first-order valence-electron chi connectivity index (χ1n) is 7.37. The fraction of sp³-hybridized carbons (Fsp3) is 0.235. The highest BCUT2D eigenvalue weighted by atomic mass is 127. The molecule has 0 fully saturated rings. The molecule has 0 aromatic heterocycles. The van der Waals surface area contributed by atoms with Gasteiger partial charge in [-0.2, -0.15) is 0 Å². The van der Waals surface area contributed by atoms with Crippen molar-refractivity contribution in [2.45, 2.75) is 11.5 Å². The highest BCUT2D eigenvalue weighted by molar-refractivity contribution is 14.1. The summed E-state index contributed by atoms with van der Waals surface area (Å²) in [5.41, 5.74) is 1.86. The van der Waals surface area contributed by atoms with Crippen molar-refractivity contribution in [2.75, 3.05) is 26.5 Å². The number of nitrogens with zero attached hydrogens (tertiary/aromatic N) is 1. The molecule has 0 aliphatic carbocycles. The fourth-order valence-corrected chi connectivity index (χ4v) is 3.66. The van der Waals surface area contributed by atoms with Crippen molar-refractivity contribution in [3.8, 4) is 0 Å². The predicted molar refractivity (Wildman–Crippen MR) is 105 cm³/mol. The van der Waals surface area contributed by atoms with Crippen LogP contribution < -0.4 is 5.32 Å². The fourth-order valence-electron chi connectivity index (χ4n) is 2.15. The van der Waals surface area contributed by atoms with Crippen LogP contribution in [0.2, 0.25) is 0 Å². The molecule has 0 atom stereocenters. The van der Waals surface area contributed by atoms with Gasteiger partial charge in [-0.05, 0) is 58.5 Å². The normalized spacial score (nSPS) is 11.6. The number of benzene rings is 2. The van der Waals surface area contributed by atoms with Crippen LogP contribution >= 0.6 is 22.6 Å². The summed E-state index contributed by atoms with van der Waals surface area (Å²) in [6.07, 6.45) is 0. The standard InChI is InChI=1S/C17H19IN2O4S/c1-20(2)25(22,23)14-7-8-16(18)15(10-14)17(21)19-13-6-4-5-12(9-13)11-24-3/h4-10H,11H2,1-3H3,(H,19,21). The number of methoxy groups -OCH3 is 1. The third kappa shape index (κ3) is 4.78. The minimum atomic E-state index is -3.60. The van der Waals surface area contributed by atoms with Crippen molar-refractivity contribution in [2.24, 2.45) is 0 Å². The second-order valence-electron chi connectivity index (χ2n) is 5.52. The van der Waals surface area contributed by atoms with E-state index < -0.39 is 10.0 Å². The van der Waals surface area contributed by atoms with Crippen LogP contribution in [0.3, 0.4) is 0 Å². The molecular weight excluding hydrogens is 455 g/mol. The Labute approximate surface area is 161 Å². The topological polar surface area (TPSA) is 75.7 Å². The predicted octanol–water partition coefficient (Wildman–Crippen LogP) is 2.94. The molecule has 0 aliphatic rings. The summed E-state index contributed by atoms with van der Waals surface area (Å²) in [4.78, 5) is 12.7. The van der Waals surface area contributed by atoms with Crippen molar-refractivity contribution in [3.63, 3.8) is 0 Å². The van der Waals surface area contributed by atoms with Gasteiger partial charge in [0.15, 0.2) is 0 Å². The summed E-state index contributed by atoms with van der Waals surface area (Å²) in [7, 11) is 0.904. The van der Waals surface area contributed by atoms with Crippen LogP contribution in [0.1, 0.15) is 15.9 Å². The summed E-state index contributed by atoms with van der Waals surface area (Å²) in [6, 6.07) is 11.8. The van der Waals surface area contributed by atoms with Crippen LogP contribution in [0.15, 0.2) is 47.4 Å². The van der Waals surface area contributed by atoms with E-state index >= 15 is 0 Å². The van der Waals surface area contributed by atoms with Gasteiger partial charge in [0.2, 0.25) is 10.0 Å². The van der Waals surface area contributed by atoms with Crippen molar-refractivity contribution in [1.29, 1.82) is 0 Å².